The van der Waals surface area contributed by atoms with Gasteiger partial charge in [-0.25, -0.2) is 0 Å². The summed E-state index contributed by atoms with van der Waals surface area (Å²) >= 11 is 1.87. The summed E-state index contributed by atoms with van der Waals surface area (Å²) in [4.78, 5) is 0. The first-order chi connectivity index (χ1) is 10.0. The molecule has 1 aliphatic carbocycles. The smallest absolute Gasteiger partial charge is 0.123 e. The molecule has 1 aromatic rings. The third kappa shape index (κ3) is 4.75. The predicted molar refractivity (Wildman–Crippen MR) is 90.9 cm³/mol. The average molecular weight is 310 g/mol. The molecule has 0 radical (unpaired) electrons. The molecule has 0 atom stereocenters. The lowest BCUT2D eigenvalue weighted by atomic mass is 9.79. The van der Waals surface area contributed by atoms with Gasteiger partial charge in [0.25, 0.3) is 0 Å². The van der Waals surface area contributed by atoms with E-state index in [2.05, 4.69) is 43.2 Å². The molecule has 0 aromatic carbocycles. The van der Waals surface area contributed by atoms with E-state index in [1.807, 2.05) is 11.3 Å². The van der Waals surface area contributed by atoms with Crippen LogP contribution in [0.2, 0.25) is 0 Å². The Hall–Kier alpha value is -0.480. The van der Waals surface area contributed by atoms with E-state index < -0.39 is 0 Å². The van der Waals surface area contributed by atoms with Crippen LogP contribution in [0.4, 0.5) is 0 Å². The van der Waals surface area contributed by atoms with E-state index in [-0.39, 0.29) is 0 Å². The fourth-order valence-electron chi connectivity index (χ4n) is 3.49. The molecule has 1 heterocycles. The van der Waals surface area contributed by atoms with E-state index in [4.69, 9.17) is 0 Å². The van der Waals surface area contributed by atoms with Crippen molar-refractivity contribution in [3.05, 3.63) is 10.0 Å². The zero-order valence-electron chi connectivity index (χ0n) is 14.1. The topological polar surface area (TPSA) is 37.8 Å². The second-order valence-electron chi connectivity index (χ2n) is 7.43. The van der Waals surface area contributed by atoms with E-state index in [0.29, 0.717) is 11.3 Å². The van der Waals surface area contributed by atoms with Gasteiger partial charge in [-0.15, -0.1) is 21.5 Å². The summed E-state index contributed by atoms with van der Waals surface area (Å²) in [5.41, 5.74) is 0.343. The van der Waals surface area contributed by atoms with Crippen LogP contribution in [0.1, 0.15) is 69.8 Å². The van der Waals surface area contributed by atoms with Crippen molar-refractivity contribution in [3.8, 4) is 0 Å². The first kappa shape index (κ1) is 16.9. The van der Waals surface area contributed by atoms with Crippen molar-refractivity contribution in [2.45, 2.75) is 71.6 Å². The Labute approximate surface area is 133 Å². The van der Waals surface area contributed by atoms with Gasteiger partial charge in [0.15, 0.2) is 0 Å². The summed E-state index contributed by atoms with van der Waals surface area (Å²) in [6.45, 7) is 11.3. The van der Waals surface area contributed by atoms with Gasteiger partial charge < -0.3 is 5.32 Å². The quantitative estimate of drug-likeness (QED) is 0.732. The lowest BCUT2D eigenvalue weighted by molar-refractivity contribution is 0.343. The highest BCUT2D eigenvalue weighted by atomic mass is 32.1. The van der Waals surface area contributed by atoms with Gasteiger partial charge in [0.2, 0.25) is 0 Å². The van der Waals surface area contributed by atoms with Gasteiger partial charge in [-0.2, -0.15) is 0 Å². The van der Waals surface area contributed by atoms with Crippen LogP contribution in [-0.4, -0.2) is 23.3 Å². The van der Waals surface area contributed by atoms with Gasteiger partial charge in [-0.3, -0.25) is 0 Å². The third-order valence-corrected chi connectivity index (χ3v) is 5.58. The van der Waals surface area contributed by atoms with Gasteiger partial charge in [-0.1, -0.05) is 40.5 Å². The highest BCUT2D eigenvalue weighted by Gasteiger charge is 2.39. The highest BCUT2D eigenvalue weighted by Crippen LogP contribution is 2.46. The number of hydrogen-bond donors (Lipinski definition) is 1. The molecule has 0 spiro atoms. The second kappa shape index (κ2) is 7.68. The first-order valence-corrected chi connectivity index (χ1v) is 9.37. The molecule has 0 unspecified atom stereocenters. The summed E-state index contributed by atoms with van der Waals surface area (Å²) < 4.78 is 0. The predicted octanol–water partition coefficient (Wildman–Crippen LogP) is 4.18. The minimum absolute atomic E-state index is 0.343. The number of nitrogens with zero attached hydrogens (tertiary/aromatic N) is 2. The Morgan fingerprint density at radius 1 is 1.10 bits per heavy atom. The minimum Gasteiger partial charge on any atom is -0.316 e. The third-order valence-electron chi connectivity index (χ3n) is 4.35. The maximum atomic E-state index is 4.58. The fraction of sp³-hybridized carbons (Fsp3) is 0.882. The van der Waals surface area contributed by atoms with Gasteiger partial charge >= 0.3 is 0 Å². The van der Waals surface area contributed by atoms with Gasteiger partial charge in [0.05, 0.1) is 0 Å². The van der Waals surface area contributed by atoms with Crippen LogP contribution in [-0.2, 0) is 11.8 Å². The van der Waals surface area contributed by atoms with Crippen LogP contribution in [0.3, 0.4) is 0 Å². The van der Waals surface area contributed by atoms with Crippen LogP contribution in [0, 0.1) is 11.8 Å². The standard InChI is InChI=1S/C17H31N3S/c1-13(2)11-17(8-5-6-9-17)16-20-19-15(21-16)7-10-18-12-14(3)4/h13-14,18H,5-12H2,1-4H3. The van der Waals surface area contributed by atoms with Gasteiger partial charge in [0, 0.05) is 18.4 Å². The monoisotopic (exact) mass is 309 g/mol. The summed E-state index contributed by atoms with van der Waals surface area (Å²) in [5, 5.41) is 15.0. The van der Waals surface area contributed by atoms with Crippen molar-refractivity contribution in [1.29, 1.82) is 0 Å². The van der Waals surface area contributed by atoms with E-state index in [1.165, 1.54) is 42.1 Å². The molecule has 1 fully saturated rings. The molecule has 120 valence electrons. The Morgan fingerprint density at radius 2 is 1.81 bits per heavy atom. The fourth-order valence-corrected chi connectivity index (χ4v) is 4.59. The molecule has 1 aliphatic rings. The molecular weight excluding hydrogens is 278 g/mol. The van der Waals surface area contributed by atoms with Gasteiger partial charge in [0.1, 0.15) is 10.0 Å². The zero-order valence-corrected chi connectivity index (χ0v) is 14.9. The molecule has 0 aliphatic heterocycles. The highest BCUT2D eigenvalue weighted by molar-refractivity contribution is 7.11. The van der Waals surface area contributed by atoms with Crippen molar-refractivity contribution < 1.29 is 0 Å². The maximum absolute atomic E-state index is 4.58. The largest absolute Gasteiger partial charge is 0.316 e. The van der Waals surface area contributed by atoms with Crippen LogP contribution >= 0.6 is 11.3 Å². The van der Waals surface area contributed by atoms with Crippen LogP contribution in [0.25, 0.3) is 0 Å². The van der Waals surface area contributed by atoms with Crippen molar-refractivity contribution in [2.75, 3.05) is 13.1 Å². The molecule has 3 nitrogen and oxygen atoms in total. The number of rotatable bonds is 8. The first-order valence-electron chi connectivity index (χ1n) is 8.55. The van der Waals surface area contributed by atoms with Crippen molar-refractivity contribution >= 4 is 11.3 Å². The normalized spacial score (nSPS) is 18.0. The minimum atomic E-state index is 0.343. The Kier molecular flexibility index (Phi) is 6.18. The van der Waals surface area contributed by atoms with Crippen molar-refractivity contribution in [2.24, 2.45) is 11.8 Å². The van der Waals surface area contributed by atoms with E-state index in [0.717, 1.165) is 25.4 Å². The second-order valence-corrected chi connectivity index (χ2v) is 8.50. The van der Waals surface area contributed by atoms with Crippen molar-refractivity contribution in [1.82, 2.24) is 15.5 Å². The number of nitrogens with one attached hydrogen (secondary N) is 1. The lowest BCUT2D eigenvalue weighted by Crippen LogP contribution is -2.24. The SMILES string of the molecule is CC(C)CNCCc1nnc(C2(CC(C)C)CCCC2)s1. The van der Waals surface area contributed by atoms with Gasteiger partial charge in [-0.05, 0) is 37.6 Å². The van der Waals surface area contributed by atoms with E-state index >= 15 is 0 Å². The molecule has 0 saturated heterocycles. The van der Waals surface area contributed by atoms with Crippen LogP contribution in [0.15, 0.2) is 0 Å². The molecule has 4 heteroatoms. The van der Waals surface area contributed by atoms with Crippen molar-refractivity contribution in [3.63, 3.8) is 0 Å². The average Bonchev–Trinajstić information content (AvgIpc) is 3.03. The zero-order chi connectivity index (χ0) is 15.3. The maximum Gasteiger partial charge on any atom is 0.123 e. The summed E-state index contributed by atoms with van der Waals surface area (Å²) in [6, 6.07) is 0. The number of hydrogen-bond acceptors (Lipinski definition) is 4. The Bertz CT molecular complexity index is 419. The molecule has 0 amide bonds. The molecule has 21 heavy (non-hydrogen) atoms. The molecule has 1 aromatic heterocycles. The Balaban J connectivity index is 1.94. The molecule has 1 N–H and O–H groups in total. The molecule has 1 saturated carbocycles. The van der Waals surface area contributed by atoms with E-state index in [1.54, 1.807) is 0 Å². The molecule has 0 bridgehead atoms. The van der Waals surface area contributed by atoms with Crippen LogP contribution in [0.5, 0.6) is 0 Å². The van der Waals surface area contributed by atoms with Crippen LogP contribution < -0.4 is 5.32 Å². The molecule has 2 rings (SSSR count). The Morgan fingerprint density at radius 3 is 2.43 bits per heavy atom. The molecular formula is C17H31N3S. The van der Waals surface area contributed by atoms with E-state index in [9.17, 15) is 0 Å². The summed E-state index contributed by atoms with van der Waals surface area (Å²) in [5.74, 6) is 1.45. The lowest BCUT2D eigenvalue weighted by Gasteiger charge is -2.27. The summed E-state index contributed by atoms with van der Waals surface area (Å²) in [6.07, 6.45) is 7.63. The number of aromatic nitrogens is 2. The summed E-state index contributed by atoms with van der Waals surface area (Å²) in [7, 11) is 0.